The van der Waals surface area contributed by atoms with Gasteiger partial charge in [-0.15, -0.1) is 0 Å². The van der Waals surface area contributed by atoms with Crippen LogP contribution in [0.15, 0.2) is 352 Å². The van der Waals surface area contributed by atoms with Crippen LogP contribution in [0.1, 0.15) is 0 Å². The minimum absolute atomic E-state index is 1.17. The van der Waals surface area contributed by atoms with Crippen molar-refractivity contribution in [3.63, 3.8) is 0 Å². The summed E-state index contributed by atoms with van der Waals surface area (Å²) in [7, 11) is 0. The second kappa shape index (κ2) is 21.4. The van der Waals surface area contributed by atoms with Crippen LogP contribution in [0.4, 0.5) is 0 Å². The third kappa shape index (κ3) is 8.22. The van der Waals surface area contributed by atoms with Crippen LogP contribution in [0.25, 0.3) is 186 Å². The molecule has 0 aliphatic rings. The SMILES string of the molecule is c1ccc(-n2c3ccccc3c3cc(-c4ccc5c6ccccc6n(-c6cc7ccccc7c7ccccc67)c5c4)ccc32)cc1.c1ccc(-n2c3ccccc3c3cc(-c4ccc5c6ccccc6n(-c6ccc7c8ccccc8c8ccccc8c7c6)c5c4)ccc32)cc1. The van der Waals surface area contributed by atoms with E-state index in [1.54, 1.807) is 0 Å². The Morgan fingerprint density at radius 2 is 0.438 bits per heavy atom. The molecular weight excluding hydrogens is 1160 g/mol. The van der Waals surface area contributed by atoms with Crippen molar-refractivity contribution in [1.82, 2.24) is 18.3 Å². The van der Waals surface area contributed by atoms with E-state index in [0.717, 1.165) is 0 Å². The smallest absolute Gasteiger partial charge is 0.0547 e. The third-order valence-electron chi connectivity index (χ3n) is 20.4. The Kier molecular flexibility index (Phi) is 12.0. The molecule has 0 N–H and O–H groups in total. The number of rotatable bonds is 6. The van der Waals surface area contributed by atoms with Crippen LogP contribution in [0, 0.1) is 0 Å². The molecule has 4 heteroatoms. The van der Waals surface area contributed by atoms with Crippen molar-refractivity contribution >= 4 is 141 Å². The first-order valence-electron chi connectivity index (χ1n) is 33.1. The molecule has 0 spiro atoms. The lowest BCUT2D eigenvalue weighted by atomic mass is 9.94. The van der Waals surface area contributed by atoms with Crippen LogP contribution in [-0.2, 0) is 0 Å². The van der Waals surface area contributed by atoms with E-state index >= 15 is 0 Å². The Bertz CT molecular complexity index is 6720. The molecule has 0 amide bonds. The average molecular weight is 1220 g/mol. The zero-order valence-electron chi connectivity index (χ0n) is 52.3. The Labute approximate surface area is 552 Å². The summed E-state index contributed by atoms with van der Waals surface area (Å²) in [5.41, 5.74) is 19.3. The van der Waals surface area contributed by atoms with Gasteiger partial charge in [-0.1, -0.05) is 249 Å². The van der Waals surface area contributed by atoms with E-state index in [1.807, 2.05) is 0 Å². The summed E-state index contributed by atoms with van der Waals surface area (Å²) in [6, 6.07) is 129. The number of hydrogen-bond acceptors (Lipinski definition) is 0. The molecule has 0 aliphatic carbocycles. The van der Waals surface area contributed by atoms with Crippen molar-refractivity contribution in [1.29, 1.82) is 0 Å². The van der Waals surface area contributed by atoms with Gasteiger partial charge in [0.25, 0.3) is 0 Å². The highest BCUT2D eigenvalue weighted by Crippen LogP contribution is 2.44. The number of fused-ring (bicyclic) bond motifs is 21. The first-order chi connectivity index (χ1) is 47.6. The number of para-hydroxylation sites is 6. The van der Waals surface area contributed by atoms with E-state index in [-0.39, 0.29) is 0 Å². The Balaban J connectivity index is 0.000000132. The van der Waals surface area contributed by atoms with E-state index < -0.39 is 0 Å². The van der Waals surface area contributed by atoms with Gasteiger partial charge in [-0.2, -0.15) is 0 Å². The van der Waals surface area contributed by atoms with Gasteiger partial charge < -0.3 is 18.3 Å². The Hall–Kier alpha value is -12.8. The Morgan fingerprint density at radius 1 is 0.135 bits per heavy atom. The summed E-state index contributed by atoms with van der Waals surface area (Å²) in [5.74, 6) is 0. The van der Waals surface area contributed by atoms with E-state index in [9.17, 15) is 0 Å². The molecule has 96 heavy (non-hydrogen) atoms. The summed E-state index contributed by atoms with van der Waals surface area (Å²) in [6.45, 7) is 0. The van der Waals surface area contributed by atoms with Crippen molar-refractivity contribution in [2.45, 2.75) is 0 Å². The first kappa shape index (κ1) is 53.9. The van der Waals surface area contributed by atoms with Crippen molar-refractivity contribution < 1.29 is 0 Å². The maximum atomic E-state index is 2.47. The normalized spacial score (nSPS) is 12.0. The predicted octanol–water partition coefficient (Wildman–Crippen LogP) is 24.9. The molecule has 0 radical (unpaired) electrons. The number of hydrogen-bond donors (Lipinski definition) is 0. The molecular formula is C92H58N4. The van der Waals surface area contributed by atoms with Gasteiger partial charge in [-0.05, 0) is 174 Å². The largest absolute Gasteiger partial charge is 0.309 e. The van der Waals surface area contributed by atoms with Crippen molar-refractivity contribution in [2.75, 3.05) is 0 Å². The number of aromatic nitrogens is 4. The summed E-state index contributed by atoms with van der Waals surface area (Å²) in [5, 5.41) is 22.9. The van der Waals surface area contributed by atoms with Gasteiger partial charge in [0, 0.05) is 65.5 Å². The fraction of sp³-hybridized carbons (Fsp3) is 0. The number of nitrogens with zero attached hydrogens (tertiary/aromatic N) is 4. The molecule has 4 nitrogen and oxygen atoms in total. The van der Waals surface area contributed by atoms with E-state index in [1.165, 1.54) is 186 Å². The molecule has 0 fully saturated rings. The molecule has 0 atom stereocenters. The molecule has 21 rings (SSSR count). The lowest BCUT2D eigenvalue weighted by Crippen LogP contribution is -1.96. The second-order valence-corrected chi connectivity index (χ2v) is 25.5. The lowest BCUT2D eigenvalue weighted by Gasteiger charge is -2.15. The Morgan fingerprint density at radius 3 is 0.927 bits per heavy atom. The van der Waals surface area contributed by atoms with Crippen LogP contribution >= 0.6 is 0 Å². The van der Waals surface area contributed by atoms with Crippen LogP contribution in [0.2, 0.25) is 0 Å². The molecule has 0 saturated heterocycles. The van der Waals surface area contributed by atoms with E-state index in [2.05, 4.69) is 370 Å². The molecule has 21 aromatic rings. The van der Waals surface area contributed by atoms with Gasteiger partial charge >= 0.3 is 0 Å². The van der Waals surface area contributed by atoms with Gasteiger partial charge in [0.15, 0.2) is 0 Å². The quantitative estimate of drug-likeness (QED) is 0.148. The summed E-state index contributed by atoms with van der Waals surface area (Å²) >= 11 is 0. The number of benzene rings is 17. The predicted molar refractivity (Wildman–Crippen MR) is 409 cm³/mol. The highest BCUT2D eigenvalue weighted by Gasteiger charge is 2.21. The molecule has 0 unspecified atom stereocenters. The van der Waals surface area contributed by atoms with E-state index in [4.69, 9.17) is 0 Å². The zero-order valence-corrected chi connectivity index (χ0v) is 52.3. The minimum Gasteiger partial charge on any atom is -0.309 e. The molecule has 0 aliphatic heterocycles. The molecule has 17 aromatic carbocycles. The maximum absolute atomic E-state index is 2.47. The maximum Gasteiger partial charge on any atom is 0.0547 e. The average Bonchev–Trinajstić information content (AvgIpc) is 1.19. The molecule has 0 saturated carbocycles. The molecule has 446 valence electrons. The van der Waals surface area contributed by atoms with Crippen LogP contribution < -0.4 is 0 Å². The van der Waals surface area contributed by atoms with Crippen molar-refractivity contribution in [2.24, 2.45) is 0 Å². The summed E-state index contributed by atoms with van der Waals surface area (Å²) < 4.78 is 9.68. The van der Waals surface area contributed by atoms with Gasteiger partial charge in [-0.25, -0.2) is 0 Å². The molecule has 4 aromatic heterocycles. The standard InChI is InChI=1S/C48H30N2.C44H28N2/c1-2-12-33(13-3-1)49-46-21-11-9-19-41(46)44-28-31(23-27-47(44)49)32-22-25-42-40-18-8-10-20-45(40)50(48(42)29-32)34-24-26-39-37-16-5-4-14-35(37)36-15-6-7-17-38(36)43(39)30-34;1-2-13-32(14-3-1)45-40-20-10-9-19-37(40)39-26-29(23-25-42(39)45)30-22-24-38-36-18-8-11-21-41(36)46(43(38)27-30)44-28-31-12-4-5-15-33(31)34-16-6-7-17-35(34)44/h1-30H;1-28H. The fourth-order valence-corrected chi connectivity index (χ4v) is 16.1. The highest BCUT2D eigenvalue weighted by molar-refractivity contribution is 6.26. The van der Waals surface area contributed by atoms with Gasteiger partial charge in [0.05, 0.1) is 49.8 Å². The monoisotopic (exact) mass is 1220 g/mol. The summed E-state index contributed by atoms with van der Waals surface area (Å²) in [6.07, 6.45) is 0. The second-order valence-electron chi connectivity index (χ2n) is 25.5. The van der Waals surface area contributed by atoms with Crippen LogP contribution in [0.3, 0.4) is 0 Å². The van der Waals surface area contributed by atoms with Crippen LogP contribution in [0.5, 0.6) is 0 Å². The molecule has 0 bridgehead atoms. The zero-order chi connectivity index (χ0) is 63.0. The van der Waals surface area contributed by atoms with Gasteiger partial charge in [0.1, 0.15) is 0 Å². The van der Waals surface area contributed by atoms with E-state index in [0.29, 0.717) is 0 Å². The third-order valence-corrected chi connectivity index (χ3v) is 20.4. The topological polar surface area (TPSA) is 19.7 Å². The van der Waals surface area contributed by atoms with Crippen molar-refractivity contribution in [3.8, 4) is 45.0 Å². The molecule has 4 heterocycles. The summed E-state index contributed by atoms with van der Waals surface area (Å²) in [4.78, 5) is 0. The first-order valence-corrected chi connectivity index (χ1v) is 33.1. The lowest BCUT2D eigenvalue weighted by molar-refractivity contribution is 1.18. The van der Waals surface area contributed by atoms with Crippen LogP contribution in [-0.4, -0.2) is 18.3 Å². The highest BCUT2D eigenvalue weighted by atomic mass is 15.0. The van der Waals surface area contributed by atoms with Gasteiger partial charge in [-0.3, -0.25) is 0 Å². The minimum atomic E-state index is 1.17. The fourth-order valence-electron chi connectivity index (χ4n) is 16.1. The van der Waals surface area contributed by atoms with Gasteiger partial charge in [0.2, 0.25) is 0 Å². The van der Waals surface area contributed by atoms with Crippen molar-refractivity contribution in [3.05, 3.63) is 352 Å².